The molecule has 0 aliphatic carbocycles. The quantitative estimate of drug-likeness (QED) is 0.907. The summed E-state index contributed by atoms with van der Waals surface area (Å²) in [4.78, 5) is 0. The predicted molar refractivity (Wildman–Crippen MR) is 84.1 cm³/mol. The molecule has 2 aromatic rings. The summed E-state index contributed by atoms with van der Waals surface area (Å²) >= 11 is 0. The van der Waals surface area contributed by atoms with E-state index in [9.17, 15) is 0 Å². The Labute approximate surface area is 126 Å². The first-order valence-corrected chi connectivity index (χ1v) is 7.01. The molecule has 0 amide bonds. The second-order valence-corrected chi connectivity index (χ2v) is 5.11. The standard InChI is InChI=1S/C18H20N2O/c1-13-6-4-5-7-17(13)14(2)20-12-15-8-9-16(11-19)18(10-15)21-3/h4-10,14,20H,12H2,1-3H3. The van der Waals surface area contributed by atoms with Crippen LogP contribution in [-0.2, 0) is 6.54 Å². The van der Waals surface area contributed by atoms with Gasteiger partial charge in [-0.25, -0.2) is 0 Å². The summed E-state index contributed by atoms with van der Waals surface area (Å²) in [7, 11) is 1.59. The van der Waals surface area contributed by atoms with E-state index in [2.05, 4.69) is 49.5 Å². The molecule has 0 aromatic heterocycles. The molecule has 0 radical (unpaired) electrons. The maximum atomic E-state index is 8.99. The summed E-state index contributed by atoms with van der Waals surface area (Å²) in [6.07, 6.45) is 0. The monoisotopic (exact) mass is 280 g/mol. The van der Waals surface area contributed by atoms with Crippen molar-refractivity contribution in [3.63, 3.8) is 0 Å². The van der Waals surface area contributed by atoms with Gasteiger partial charge in [0.25, 0.3) is 0 Å². The molecule has 21 heavy (non-hydrogen) atoms. The highest BCUT2D eigenvalue weighted by atomic mass is 16.5. The largest absolute Gasteiger partial charge is 0.495 e. The Kier molecular flexibility index (Phi) is 4.97. The Balaban J connectivity index is 2.07. The SMILES string of the molecule is COc1cc(CNC(C)c2ccccc2C)ccc1C#N. The molecule has 3 nitrogen and oxygen atoms in total. The van der Waals surface area contributed by atoms with Crippen LogP contribution in [0.5, 0.6) is 5.75 Å². The summed E-state index contributed by atoms with van der Waals surface area (Å²) in [5.41, 5.74) is 4.26. The van der Waals surface area contributed by atoms with Crippen LogP contribution in [0.3, 0.4) is 0 Å². The van der Waals surface area contributed by atoms with Crippen molar-refractivity contribution in [3.8, 4) is 11.8 Å². The lowest BCUT2D eigenvalue weighted by Crippen LogP contribution is -2.18. The number of ether oxygens (including phenoxy) is 1. The van der Waals surface area contributed by atoms with Crippen LogP contribution in [0.15, 0.2) is 42.5 Å². The van der Waals surface area contributed by atoms with Gasteiger partial charge in [-0.15, -0.1) is 0 Å². The summed E-state index contributed by atoms with van der Waals surface area (Å²) in [6.45, 7) is 5.01. The zero-order valence-corrected chi connectivity index (χ0v) is 12.7. The fourth-order valence-electron chi connectivity index (χ4n) is 2.39. The summed E-state index contributed by atoms with van der Waals surface area (Å²) in [5, 5.41) is 12.5. The van der Waals surface area contributed by atoms with E-state index in [0.717, 1.165) is 12.1 Å². The number of hydrogen-bond acceptors (Lipinski definition) is 3. The Bertz CT molecular complexity index is 659. The lowest BCUT2D eigenvalue weighted by atomic mass is 10.0. The number of nitrogens with one attached hydrogen (secondary N) is 1. The molecule has 0 saturated carbocycles. The summed E-state index contributed by atoms with van der Waals surface area (Å²) in [5.74, 6) is 0.625. The van der Waals surface area contributed by atoms with E-state index in [1.807, 2.05) is 12.1 Å². The molecule has 1 atom stereocenters. The predicted octanol–water partition coefficient (Wildman–Crippen LogP) is 3.73. The Morgan fingerprint density at radius 3 is 2.67 bits per heavy atom. The van der Waals surface area contributed by atoms with E-state index >= 15 is 0 Å². The normalized spacial score (nSPS) is 11.7. The van der Waals surface area contributed by atoms with Gasteiger partial charge in [-0.2, -0.15) is 5.26 Å². The Hall–Kier alpha value is -2.31. The minimum atomic E-state index is 0.271. The third kappa shape index (κ3) is 3.62. The van der Waals surface area contributed by atoms with Crippen molar-refractivity contribution < 1.29 is 4.74 Å². The lowest BCUT2D eigenvalue weighted by molar-refractivity contribution is 0.412. The minimum Gasteiger partial charge on any atom is -0.495 e. The molecule has 0 aliphatic rings. The topological polar surface area (TPSA) is 45.0 Å². The van der Waals surface area contributed by atoms with E-state index in [0.29, 0.717) is 11.3 Å². The number of benzene rings is 2. The van der Waals surface area contributed by atoms with Crippen LogP contribution in [0.4, 0.5) is 0 Å². The van der Waals surface area contributed by atoms with Crippen LogP contribution in [0.1, 0.15) is 35.2 Å². The first-order valence-electron chi connectivity index (χ1n) is 7.01. The number of aryl methyl sites for hydroxylation is 1. The molecular weight excluding hydrogens is 260 g/mol. The molecule has 1 N–H and O–H groups in total. The number of rotatable bonds is 5. The van der Waals surface area contributed by atoms with Crippen LogP contribution in [0.2, 0.25) is 0 Å². The second kappa shape index (κ2) is 6.92. The van der Waals surface area contributed by atoms with Crippen molar-refractivity contribution in [1.82, 2.24) is 5.32 Å². The molecular formula is C18H20N2O. The van der Waals surface area contributed by atoms with Crippen molar-refractivity contribution in [1.29, 1.82) is 5.26 Å². The Morgan fingerprint density at radius 2 is 2.00 bits per heavy atom. The van der Waals surface area contributed by atoms with Crippen molar-refractivity contribution in [3.05, 3.63) is 64.7 Å². The number of hydrogen-bond donors (Lipinski definition) is 1. The highest BCUT2D eigenvalue weighted by molar-refractivity contribution is 5.45. The Morgan fingerprint density at radius 1 is 1.24 bits per heavy atom. The van der Waals surface area contributed by atoms with Gasteiger partial charge in [-0.3, -0.25) is 0 Å². The van der Waals surface area contributed by atoms with Gasteiger partial charge in [0.05, 0.1) is 12.7 Å². The first-order chi connectivity index (χ1) is 10.2. The number of nitrogens with zero attached hydrogens (tertiary/aromatic N) is 1. The van der Waals surface area contributed by atoms with Gasteiger partial charge in [0.2, 0.25) is 0 Å². The zero-order valence-electron chi connectivity index (χ0n) is 12.7. The minimum absolute atomic E-state index is 0.271. The van der Waals surface area contributed by atoms with Gasteiger partial charge in [0, 0.05) is 12.6 Å². The molecule has 0 saturated heterocycles. The molecule has 108 valence electrons. The first kappa shape index (κ1) is 15.1. The average Bonchev–Trinajstić information content (AvgIpc) is 2.52. The van der Waals surface area contributed by atoms with E-state index in [1.165, 1.54) is 11.1 Å². The molecule has 2 rings (SSSR count). The molecule has 0 bridgehead atoms. The highest BCUT2D eigenvalue weighted by Crippen LogP contribution is 2.21. The van der Waals surface area contributed by atoms with Crippen molar-refractivity contribution in [2.75, 3.05) is 7.11 Å². The molecule has 0 fully saturated rings. The smallest absolute Gasteiger partial charge is 0.136 e. The maximum Gasteiger partial charge on any atom is 0.136 e. The number of nitriles is 1. The molecule has 0 spiro atoms. The van der Waals surface area contributed by atoms with Crippen LogP contribution in [-0.4, -0.2) is 7.11 Å². The van der Waals surface area contributed by atoms with Gasteiger partial charge < -0.3 is 10.1 Å². The highest BCUT2D eigenvalue weighted by Gasteiger charge is 2.08. The third-order valence-corrected chi connectivity index (χ3v) is 3.65. The van der Waals surface area contributed by atoms with E-state index in [1.54, 1.807) is 13.2 Å². The van der Waals surface area contributed by atoms with Crippen molar-refractivity contribution in [2.45, 2.75) is 26.4 Å². The van der Waals surface area contributed by atoms with Crippen molar-refractivity contribution >= 4 is 0 Å². The summed E-state index contributed by atoms with van der Waals surface area (Å²) in [6, 6.07) is 16.4. The zero-order chi connectivity index (χ0) is 15.2. The molecule has 2 aromatic carbocycles. The van der Waals surface area contributed by atoms with Crippen LogP contribution < -0.4 is 10.1 Å². The fourth-order valence-corrected chi connectivity index (χ4v) is 2.39. The average molecular weight is 280 g/mol. The summed E-state index contributed by atoms with van der Waals surface area (Å²) < 4.78 is 5.24. The molecule has 1 unspecified atom stereocenters. The molecule has 0 heterocycles. The third-order valence-electron chi connectivity index (χ3n) is 3.65. The van der Waals surface area contributed by atoms with E-state index in [-0.39, 0.29) is 6.04 Å². The second-order valence-electron chi connectivity index (χ2n) is 5.11. The lowest BCUT2D eigenvalue weighted by Gasteiger charge is -2.17. The van der Waals surface area contributed by atoms with Gasteiger partial charge in [0.15, 0.2) is 0 Å². The maximum absolute atomic E-state index is 8.99. The fraction of sp³-hybridized carbons (Fsp3) is 0.278. The van der Waals surface area contributed by atoms with Crippen molar-refractivity contribution in [2.24, 2.45) is 0 Å². The molecule has 3 heteroatoms. The van der Waals surface area contributed by atoms with Crippen LogP contribution in [0.25, 0.3) is 0 Å². The number of methoxy groups -OCH3 is 1. The van der Waals surface area contributed by atoms with Gasteiger partial charge in [-0.1, -0.05) is 30.3 Å². The van der Waals surface area contributed by atoms with Crippen LogP contribution in [0, 0.1) is 18.3 Å². The van der Waals surface area contributed by atoms with E-state index < -0.39 is 0 Å². The van der Waals surface area contributed by atoms with Gasteiger partial charge in [0.1, 0.15) is 11.8 Å². The van der Waals surface area contributed by atoms with Crippen LogP contribution >= 0.6 is 0 Å². The van der Waals surface area contributed by atoms with E-state index in [4.69, 9.17) is 10.00 Å². The van der Waals surface area contributed by atoms with Gasteiger partial charge in [-0.05, 0) is 42.7 Å². The van der Waals surface area contributed by atoms with Gasteiger partial charge >= 0.3 is 0 Å². The molecule has 0 aliphatic heterocycles.